The maximum Gasteiger partial charge on any atom is 0.329 e. The van der Waals surface area contributed by atoms with E-state index in [-0.39, 0.29) is 29.6 Å². The second-order valence-corrected chi connectivity index (χ2v) is 9.33. The zero-order valence-corrected chi connectivity index (χ0v) is 18.6. The number of esters is 1. The van der Waals surface area contributed by atoms with Gasteiger partial charge in [-0.05, 0) is 51.9 Å². The van der Waals surface area contributed by atoms with Crippen LogP contribution in [-0.2, 0) is 19.1 Å². The van der Waals surface area contributed by atoms with Crippen molar-refractivity contribution in [2.24, 2.45) is 17.6 Å². The number of hydrogen-bond donors (Lipinski definition) is 2. The minimum atomic E-state index is -0.689. The molecular formula is C21H39N3O4. The minimum Gasteiger partial charge on any atom is -0.458 e. The Morgan fingerprint density at radius 2 is 1.82 bits per heavy atom. The number of nitrogens with two attached hydrogens (primary N) is 1. The SMILES string of the molecule is CC[C@H](C)[C@H](N)C(=O)N[C@@H](CC(C)C)C(=O)N1CCC[C@H]1C(=O)OC(C)(C)C. The Balaban J connectivity index is 2.93. The van der Waals surface area contributed by atoms with Gasteiger partial charge in [-0.2, -0.15) is 0 Å². The monoisotopic (exact) mass is 397 g/mol. The highest BCUT2D eigenvalue weighted by Crippen LogP contribution is 2.23. The third kappa shape index (κ3) is 7.08. The van der Waals surface area contributed by atoms with Crippen molar-refractivity contribution in [1.29, 1.82) is 0 Å². The first-order valence-corrected chi connectivity index (χ1v) is 10.5. The van der Waals surface area contributed by atoms with Gasteiger partial charge in [0.15, 0.2) is 0 Å². The van der Waals surface area contributed by atoms with Gasteiger partial charge in [0.2, 0.25) is 11.8 Å². The van der Waals surface area contributed by atoms with Gasteiger partial charge in [-0.25, -0.2) is 4.79 Å². The van der Waals surface area contributed by atoms with E-state index in [2.05, 4.69) is 5.32 Å². The fraction of sp³-hybridized carbons (Fsp3) is 0.857. The molecule has 1 saturated heterocycles. The summed E-state index contributed by atoms with van der Waals surface area (Å²) >= 11 is 0. The molecule has 1 rings (SSSR count). The first kappa shape index (κ1) is 24.4. The second-order valence-electron chi connectivity index (χ2n) is 9.33. The van der Waals surface area contributed by atoms with Crippen molar-refractivity contribution < 1.29 is 19.1 Å². The topological polar surface area (TPSA) is 102 Å². The summed E-state index contributed by atoms with van der Waals surface area (Å²) < 4.78 is 5.49. The van der Waals surface area contributed by atoms with Crippen molar-refractivity contribution in [3.05, 3.63) is 0 Å². The fourth-order valence-corrected chi connectivity index (χ4v) is 3.32. The maximum absolute atomic E-state index is 13.2. The van der Waals surface area contributed by atoms with E-state index in [0.29, 0.717) is 19.4 Å². The van der Waals surface area contributed by atoms with Crippen molar-refractivity contribution in [3.8, 4) is 0 Å². The Bertz CT molecular complexity index is 556. The highest BCUT2D eigenvalue weighted by Gasteiger charge is 2.40. The van der Waals surface area contributed by atoms with Crippen LogP contribution in [0.2, 0.25) is 0 Å². The summed E-state index contributed by atoms with van der Waals surface area (Å²) in [4.78, 5) is 39.9. The Kier molecular flexibility index (Phi) is 8.92. The van der Waals surface area contributed by atoms with Crippen LogP contribution in [-0.4, -0.2) is 53.0 Å². The molecule has 0 aromatic carbocycles. The van der Waals surface area contributed by atoms with E-state index < -0.39 is 23.7 Å². The van der Waals surface area contributed by atoms with Gasteiger partial charge in [0.1, 0.15) is 17.7 Å². The lowest BCUT2D eigenvalue weighted by molar-refractivity contribution is -0.163. The molecule has 1 aliphatic heterocycles. The molecule has 1 heterocycles. The standard InChI is InChI=1S/C21H39N3O4/c1-8-14(4)17(22)18(25)23-15(12-13(2)3)19(26)24-11-9-10-16(24)20(27)28-21(5,6)7/h13-17H,8-12,22H2,1-7H3,(H,23,25)/t14-,15-,16-,17-/m0/s1. The van der Waals surface area contributed by atoms with Crippen LogP contribution in [0.15, 0.2) is 0 Å². The molecule has 0 radical (unpaired) electrons. The van der Waals surface area contributed by atoms with Gasteiger partial charge >= 0.3 is 5.97 Å². The summed E-state index contributed by atoms with van der Waals surface area (Å²) in [5.74, 6) is -0.704. The first-order chi connectivity index (χ1) is 12.9. The largest absolute Gasteiger partial charge is 0.458 e. The van der Waals surface area contributed by atoms with Crippen molar-refractivity contribution >= 4 is 17.8 Å². The lowest BCUT2D eigenvalue weighted by Crippen LogP contribution is -2.56. The van der Waals surface area contributed by atoms with Crippen LogP contribution in [0.1, 0.15) is 74.1 Å². The molecule has 162 valence electrons. The Hall–Kier alpha value is -1.63. The van der Waals surface area contributed by atoms with Crippen LogP contribution >= 0.6 is 0 Å². The molecular weight excluding hydrogens is 358 g/mol. The van der Waals surface area contributed by atoms with Gasteiger partial charge in [-0.15, -0.1) is 0 Å². The first-order valence-electron chi connectivity index (χ1n) is 10.5. The number of nitrogens with zero attached hydrogens (tertiary/aromatic N) is 1. The second kappa shape index (κ2) is 10.2. The number of rotatable bonds is 8. The molecule has 0 saturated carbocycles. The number of carbonyl (C=O) groups is 3. The molecule has 2 amide bonds. The van der Waals surface area contributed by atoms with Crippen LogP contribution in [0.4, 0.5) is 0 Å². The van der Waals surface area contributed by atoms with Crippen LogP contribution in [0.5, 0.6) is 0 Å². The van der Waals surface area contributed by atoms with E-state index in [0.717, 1.165) is 12.8 Å². The molecule has 0 bridgehead atoms. The summed E-state index contributed by atoms with van der Waals surface area (Å²) in [6, 6.07) is -1.94. The number of nitrogens with one attached hydrogen (secondary N) is 1. The third-order valence-electron chi connectivity index (χ3n) is 5.10. The molecule has 4 atom stereocenters. The molecule has 0 unspecified atom stereocenters. The Labute approximate surface area is 169 Å². The molecule has 3 N–H and O–H groups in total. The van der Waals surface area contributed by atoms with E-state index in [1.54, 1.807) is 4.90 Å². The smallest absolute Gasteiger partial charge is 0.329 e. The molecule has 1 aliphatic rings. The molecule has 0 spiro atoms. The predicted octanol–water partition coefficient (Wildman–Crippen LogP) is 2.22. The van der Waals surface area contributed by atoms with Crippen LogP contribution in [0.25, 0.3) is 0 Å². The van der Waals surface area contributed by atoms with Crippen molar-refractivity contribution in [2.45, 2.75) is 97.9 Å². The summed E-state index contributed by atoms with van der Waals surface area (Å²) in [6.07, 6.45) is 2.60. The van der Waals surface area contributed by atoms with Gasteiger partial charge in [0, 0.05) is 6.54 Å². The maximum atomic E-state index is 13.2. The lowest BCUT2D eigenvalue weighted by Gasteiger charge is -2.31. The van der Waals surface area contributed by atoms with Crippen molar-refractivity contribution in [1.82, 2.24) is 10.2 Å². The quantitative estimate of drug-likeness (QED) is 0.612. The molecule has 7 nitrogen and oxygen atoms in total. The van der Waals surface area contributed by atoms with Crippen molar-refractivity contribution in [2.75, 3.05) is 6.54 Å². The van der Waals surface area contributed by atoms with E-state index in [1.165, 1.54) is 0 Å². The van der Waals surface area contributed by atoms with Crippen LogP contribution in [0, 0.1) is 11.8 Å². The van der Waals surface area contributed by atoms with Gasteiger partial charge < -0.3 is 20.7 Å². The minimum absolute atomic E-state index is 0.0242. The molecule has 0 aromatic heterocycles. The fourth-order valence-electron chi connectivity index (χ4n) is 3.32. The van der Waals surface area contributed by atoms with Gasteiger partial charge in [0.05, 0.1) is 6.04 Å². The van der Waals surface area contributed by atoms with E-state index in [9.17, 15) is 14.4 Å². The van der Waals surface area contributed by atoms with Gasteiger partial charge in [-0.3, -0.25) is 9.59 Å². The zero-order valence-electron chi connectivity index (χ0n) is 18.6. The van der Waals surface area contributed by atoms with E-state index in [4.69, 9.17) is 10.5 Å². The lowest BCUT2D eigenvalue weighted by atomic mass is 9.97. The molecule has 1 fully saturated rings. The number of hydrogen-bond acceptors (Lipinski definition) is 5. The van der Waals surface area contributed by atoms with Gasteiger partial charge in [0.25, 0.3) is 0 Å². The number of amides is 2. The average Bonchev–Trinajstić information content (AvgIpc) is 3.06. The highest BCUT2D eigenvalue weighted by molar-refractivity contribution is 5.92. The van der Waals surface area contributed by atoms with Crippen molar-refractivity contribution in [3.63, 3.8) is 0 Å². The number of carbonyl (C=O) groups excluding carboxylic acids is 3. The highest BCUT2D eigenvalue weighted by atomic mass is 16.6. The molecule has 7 heteroatoms. The Morgan fingerprint density at radius 3 is 2.32 bits per heavy atom. The van der Waals surface area contributed by atoms with Crippen LogP contribution in [0.3, 0.4) is 0 Å². The normalized spacial score (nSPS) is 20.6. The molecule has 0 aromatic rings. The van der Waals surface area contributed by atoms with E-state index in [1.807, 2.05) is 48.5 Å². The number of likely N-dealkylation sites (tertiary alicyclic amines) is 1. The van der Waals surface area contributed by atoms with E-state index >= 15 is 0 Å². The summed E-state index contributed by atoms with van der Waals surface area (Å²) in [6.45, 7) is 13.8. The molecule has 28 heavy (non-hydrogen) atoms. The average molecular weight is 398 g/mol. The zero-order chi connectivity index (χ0) is 21.6. The third-order valence-corrected chi connectivity index (χ3v) is 5.10. The number of ether oxygens (including phenoxy) is 1. The summed E-state index contributed by atoms with van der Waals surface area (Å²) in [7, 11) is 0. The van der Waals surface area contributed by atoms with Crippen LogP contribution < -0.4 is 11.1 Å². The van der Waals surface area contributed by atoms with Gasteiger partial charge in [-0.1, -0.05) is 34.1 Å². The summed E-state index contributed by atoms with van der Waals surface area (Å²) in [5, 5.41) is 2.84. The predicted molar refractivity (Wildman–Crippen MR) is 109 cm³/mol. The molecule has 0 aliphatic carbocycles. The Morgan fingerprint density at radius 1 is 1.21 bits per heavy atom. The summed E-state index contributed by atoms with van der Waals surface area (Å²) in [5.41, 5.74) is 5.43.